The highest BCUT2D eigenvalue weighted by Crippen LogP contribution is 2.33. The highest BCUT2D eigenvalue weighted by molar-refractivity contribution is 6.01. The van der Waals surface area contributed by atoms with Crippen LogP contribution in [0.15, 0.2) is 65.9 Å². The van der Waals surface area contributed by atoms with Gasteiger partial charge in [0, 0.05) is 6.54 Å². The van der Waals surface area contributed by atoms with E-state index in [0.717, 1.165) is 17.7 Å². The number of hydrogen-bond acceptors (Lipinski definition) is 3. The molecule has 2 aliphatic rings. The summed E-state index contributed by atoms with van der Waals surface area (Å²) >= 11 is 0. The first kappa shape index (κ1) is 17.1. The van der Waals surface area contributed by atoms with E-state index in [1.165, 1.54) is 5.56 Å². The average molecular weight is 363 g/mol. The molecule has 2 heterocycles. The molecule has 3 amide bonds. The number of nitrogens with one attached hydrogen (secondary N) is 2. The molecule has 6 nitrogen and oxygen atoms in total. The van der Waals surface area contributed by atoms with Gasteiger partial charge < -0.3 is 20.3 Å². The average Bonchev–Trinajstić information content (AvgIpc) is 3.02. The van der Waals surface area contributed by atoms with Crippen LogP contribution >= 0.6 is 0 Å². The Morgan fingerprint density at radius 2 is 1.81 bits per heavy atom. The molecule has 2 N–H and O–H groups in total. The molecule has 0 bridgehead atoms. The molecule has 0 saturated heterocycles. The largest absolute Gasteiger partial charge is 0.497 e. The van der Waals surface area contributed by atoms with Crippen molar-refractivity contribution in [2.24, 2.45) is 0 Å². The molecule has 0 saturated carbocycles. The molecule has 0 radical (unpaired) electrons. The second kappa shape index (κ2) is 7.15. The summed E-state index contributed by atoms with van der Waals surface area (Å²) in [7, 11) is 1.60. The number of nitrogens with zero attached hydrogens (tertiary/aromatic N) is 1. The van der Waals surface area contributed by atoms with Crippen molar-refractivity contribution in [1.29, 1.82) is 0 Å². The van der Waals surface area contributed by atoms with Crippen molar-refractivity contribution in [3.8, 4) is 5.75 Å². The van der Waals surface area contributed by atoms with Crippen LogP contribution in [-0.4, -0.2) is 37.0 Å². The van der Waals surface area contributed by atoms with Crippen molar-refractivity contribution in [3.05, 3.63) is 77.0 Å². The predicted molar refractivity (Wildman–Crippen MR) is 101 cm³/mol. The Balaban J connectivity index is 1.54. The molecular weight excluding hydrogens is 342 g/mol. The number of urea groups is 1. The quantitative estimate of drug-likeness (QED) is 0.857. The number of carbonyl (C=O) groups is 2. The third-order valence-electron chi connectivity index (χ3n) is 4.98. The zero-order valence-electron chi connectivity index (χ0n) is 15.1. The Labute approximate surface area is 157 Å². The maximum atomic E-state index is 13.0. The summed E-state index contributed by atoms with van der Waals surface area (Å²) in [4.78, 5) is 26.9. The first-order valence-electron chi connectivity index (χ1n) is 8.93. The van der Waals surface area contributed by atoms with E-state index in [1.54, 1.807) is 12.0 Å². The van der Waals surface area contributed by atoms with Gasteiger partial charge in [-0.05, 0) is 29.7 Å². The standard InChI is InChI=1S/C21H21N3O3/c1-27-16-9-7-15(8-10-16)19-18-17(22-21(26)23-19)13-24(20(18)25)12-11-14-5-3-2-4-6-14/h2-10,19H,11-13H2,1H3,(H2,22,23,26)/t19-/m1/s1. The molecule has 0 aliphatic carbocycles. The third-order valence-corrected chi connectivity index (χ3v) is 4.98. The number of hydrogen-bond donors (Lipinski definition) is 2. The fraction of sp³-hybridized carbons (Fsp3) is 0.238. The van der Waals surface area contributed by atoms with Crippen LogP contribution in [0.3, 0.4) is 0 Å². The van der Waals surface area contributed by atoms with Crippen molar-refractivity contribution in [1.82, 2.24) is 15.5 Å². The first-order chi connectivity index (χ1) is 13.2. The Morgan fingerprint density at radius 1 is 1.07 bits per heavy atom. The van der Waals surface area contributed by atoms with Crippen molar-refractivity contribution in [2.75, 3.05) is 20.2 Å². The summed E-state index contributed by atoms with van der Waals surface area (Å²) in [6, 6.07) is 16.7. The molecule has 2 aromatic rings. The lowest BCUT2D eigenvalue weighted by molar-refractivity contribution is -0.125. The smallest absolute Gasteiger partial charge is 0.319 e. The monoisotopic (exact) mass is 363 g/mol. The van der Waals surface area contributed by atoms with Gasteiger partial charge in [0.1, 0.15) is 5.75 Å². The fourth-order valence-electron chi connectivity index (χ4n) is 3.56. The van der Waals surface area contributed by atoms with Crippen molar-refractivity contribution in [2.45, 2.75) is 12.5 Å². The van der Waals surface area contributed by atoms with Gasteiger partial charge >= 0.3 is 6.03 Å². The maximum absolute atomic E-state index is 13.0. The van der Waals surface area contributed by atoms with E-state index in [1.807, 2.05) is 42.5 Å². The van der Waals surface area contributed by atoms with Gasteiger partial charge in [0.15, 0.2) is 0 Å². The van der Waals surface area contributed by atoms with Crippen LogP contribution in [0, 0.1) is 0 Å². The van der Waals surface area contributed by atoms with Crippen molar-refractivity contribution in [3.63, 3.8) is 0 Å². The van der Waals surface area contributed by atoms with Crippen LogP contribution in [0.25, 0.3) is 0 Å². The summed E-state index contributed by atoms with van der Waals surface area (Å²) in [5, 5.41) is 5.67. The molecule has 1 atom stereocenters. The molecule has 4 rings (SSSR count). The van der Waals surface area contributed by atoms with E-state index < -0.39 is 6.04 Å². The van der Waals surface area contributed by atoms with E-state index in [-0.39, 0.29) is 11.9 Å². The van der Waals surface area contributed by atoms with Gasteiger partial charge in [-0.2, -0.15) is 0 Å². The fourth-order valence-corrected chi connectivity index (χ4v) is 3.56. The number of methoxy groups -OCH3 is 1. The summed E-state index contributed by atoms with van der Waals surface area (Å²) in [6.07, 6.45) is 0.779. The lowest BCUT2D eigenvalue weighted by atomic mass is 9.96. The molecule has 2 aliphatic heterocycles. The van der Waals surface area contributed by atoms with Crippen LogP contribution in [0.4, 0.5) is 4.79 Å². The first-order valence-corrected chi connectivity index (χ1v) is 8.93. The highest BCUT2D eigenvalue weighted by Gasteiger charge is 2.40. The zero-order valence-corrected chi connectivity index (χ0v) is 15.1. The Hall–Kier alpha value is -3.28. The Kier molecular flexibility index (Phi) is 4.54. The molecule has 138 valence electrons. The van der Waals surface area contributed by atoms with Gasteiger partial charge in [0.05, 0.1) is 31.0 Å². The van der Waals surface area contributed by atoms with Gasteiger partial charge in [0.2, 0.25) is 0 Å². The van der Waals surface area contributed by atoms with Gasteiger partial charge in [0.25, 0.3) is 5.91 Å². The minimum atomic E-state index is -0.450. The minimum Gasteiger partial charge on any atom is -0.497 e. The molecule has 0 aromatic heterocycles. The minimum absolute atomic E-state index is 0.0331. The summed E-state index contributed by atoms with van der Waals surface area (Å²) in [5.74, 6) is 0.699. The summed E-state index contributed by atoms with van der Waals surface area (Å²) < 4.78 is 5.19. The maximum Gasteiger partial charge on any atom is 0.319 e. The number of ether oxygens (including phenoxy) is 1. The van der Waals surface area contributed by atoms with Gasteiger partial charge in [-0.15, -0.1) is 0 Å². The van der Waals surface area contributed by atoms with Crippen LogP contribution in [0.5, 0.6) is 5.75 Å². The van der Waals surface area contributed by atoms with E-state index in [4.69, 9.17) is 4.74 Å². The molecule has 6 heteroatoms. The summed E-state index contributed by atoms with van der Waals surface area (Å²) in [5.41, 5.74) is 3.35. The number of amides is 3. The van der Waals surface area contributed by atoms with Crippen molar-refractivity contribution >= 4 is 11.9 Å². The van der Waals surface area contributed by atoms with E-state index >= 15 is 0 Å². The topological polar surface area (TPSA) is 70.7 Å². The third kappa shape index (κ3) is 3.38. The molecule has 0 unspecified atom stereocenters. The second-order valence-corrected chi connectivity index (χ2v) is 6.66. The highest BCUT2D eigenvalue weighted by atomic mass is 16.5. The second-order valence-electron chi connectivity index (χ2n) is 6.66. The number of benzene rings is 2. The normalized spacial score (nSPS) is 18.9. The molecule has 0 spiro atoms. The molecule has 0 fully saturated rings. The summed E-state index contributed by atoms with van der Waals surface area (Å²) in [6.45, 7) is 1.04. The lowest BCUT2D eigenvalue weighted by Gasteiger charge is -2.25. The molecular formula is C21H21N3O3. The van der Waals surface area contributed by atoms with E-state index in [9.17, 15) is 9.59 Å². The van der Waals surface area contributed by atoms with Crippen molar-refractivity contribution < 1.29 is 14.3 Å². The lowest BCUT2D eigenvalue weighted by Crippen LogP contribution is -2.44. The van der Waals surface area contributed by atoms with Crippen LogP contribution in [-0.2, 0) is 11.2 Å². The van der Waals surface area contributed by atoms with Gasteiger partial charge in [-0.3, -0.25) is 4.79 Å². The van der Waals surface area contributed by atoms with Gasteiger partial charge in [-0.25, -0.2) is 4.79 Å². The van der Waals surface area contributed by atoms with Crippen LogP contribution in [0.1, 0.15) is 17.2 Å². The van der Waals surface area contributed by atoms with E-state index in [0.29, 0.717) is 24.4 Å². The predicted octanol–water partition coefficient (Wildman–Crippen LogP) is 2.39. The zero-order chi connectivity index (χ0) is 18.8. The number of carbonyl (C=O) groups excluding carboxylic acids is 2. The SMILES string of the molecule is COc1ccc([C@H]2NC(=O)NC3=C2C(=O)N(CCc2ccccc2)C3)cc1. The number of rotatable bonds is 5. The Morgan fingerprint density at radius 3 is 2.52 bits per heavy atom. The van der Waals surface area contributed by atoms with Gasteiger partial charge in [-0.1, -0.05) is 42.5 Å². The molecule has 2 aromatic carbocycles. The van der Waals surface area contributed by atoms with E-state index in [2.05, 4.69) is 22.8 Å². The van der Waals surface area contributed by atoms with Crippen LogP contribution < -0.4 is 15.4 Å². The Bertz CT molecular complexity index is 891. The van der Waals surface area contributed by atoms with Crippen LogP contribution in [0.2, 0.25) is 0 Å². The molecule has 27 heavy (non-hydrogen) atoms.